The SMILES string of the molecule is CC1CCNCC1NC(=O)c1cc(Br)cn1C(C)C. The molecule has 2 heterocycles. The highest BCUT2D eigenvalue weighted by Crippen LogP contribution is 2.20. The molecule has 2 rings (SSSR count). The van der Waals surface area contributed by atoms with Crippen LogP contribution in [0.25, 0.3) is 0 Å². The predicted octanol–water partition coefficient (Wildman–Crippen LogP) is 2.56. The number of aromatic nitrogens is 1. The second-order valence-corrected chi connectivity index (χ2v) is 6.51. The summed E-state index contributed by atoms with van der Waals surface area (Å²) < 4.78 is 2.95. The molecule has 1 fully saturated rings. The third kappa shape index (κ3) is 3.39. The predicted molar refractivity (Wildman–Crippen MR) is 80.4 cm³/mol. The first kappa shape index (κ1) is 14.6. The molecule has 0 aromatic carbocycles. The molecule has 0 radical (unpaired) electrons. The Kier molecular flexibility index (Phi) is 4.68. The van der Waals surface area contributed by atoms with Gasteiger partial charge in [-0.15, -0.1) is 0 Å². The van der Waals surface area contributed by atoms with Crippen LogP contribution in [0.1, 0.15) is 43.7 Å². The minimum absolute atomic E-state index is 0.0138. The van der Waals surface area contributed by atoms with Crippen LogP contribution in [0.4, 0.5) is 0 Å². The molecule has 0 saturated carbocycles. The monoisotopic (exact) mass is 327 g/mol. The number of hydrogen-bond donors (Lipinski definition) is 2. The van der Waals surface area contributed by atoms with Gasteiger partial charge in [-0.1, -0.05) is 6.92 Å². The Morgan fingerprint density at radius 1 is 1.58 bits per heavy atom. The number of piperidine rings is 1. The second-order valence-electron chi connectivity index (χ2n) is 5.59. The molecule has 1 aliphatic heterocycles. The van der Waals surface area contributed by atoms with E-state index in [2.05, 4.69) is 47.3 Å². The summed E-state index contributed by atoms with van der Waals surface area (Å²) in [7, 11) is 0. The maximum Gasteiger partial charge on any atom is 0.268 e. The number of hydrogen-bond acceptors (Lipinski definition) is 2. The number of carbonyl (C=O) groups is 1. The summed E-state index contributed by atoms with van der Waals surface area (Å²) in [6.07, 6.45) is 3.07. The Balaban J connectivity index is 2.11. The van der Waals surface area contributed by atoms with Crippen molar-refractivity contribution in [3.8, 4) is 0 Å². The number of rotatable bonds is 3. The first-order valence-electron chi connectivity index (χ1n) is 6.88. The van der Waals surface area contributed by atoms with Crippen LogP contribution in [0.5, 0.6) is 0 Å². The highest BCUT2D eigenvalue weighted by atomic mass is 79.9. The summed E-state index contributed by atoms with van der Waals surface area (Å²) in [4.78, 5) is 12.4. The Morgan fingerprint density at radius 2 is 2.32 bits per heavy atom. The standard InChI is InChI=1S/C14H22BrN3O/c1-9(2)18-8-11(15)6-13(18)14(19)17-12-7-16-5-4-10(12)3/h6,8-10,12,16H,4-5,7H2,1-3H3,(H,17,19). The van der Waals surface area contributed by atoms with Crippen molar-refractivity contribution in [2.45, 2.75) is 39.3 Å². The average molecular weight is 328 g/mol. The lowest BCUT2D eigenvalue weighted by Crippen LogP contribution is -2.50. The van der Waals surface area contributed by atoms with Gasteiger partial charge in [0.2, 0.25) is 0 Å². The quantitative estimate of drug-likeness (QED) is 0.896. The number of carbonyl (C=O) groups excluding carboxylic acids is 1. The topological polar surface area (TPSA) is 46.1 Å². The summed E-state index contributed by atoms with van der Waals surface area (Å²) in [5, 5.41) is 6.48. The number of amides is 1. The molecule has 1 aromatic heterocycles. The number of nitrogens with zero attached hydrogens (tertiary/aromatic N) is 1. The van der Waals surface area contributed by atoms with Gasteiger partial charge in [0, 0.05) is 29.3 Å². The fourth-order valence-electron chi connectivity index (χ4n) is 2.48. The van der Waals surface area contributed by atoms with Crippen LogP contribution in [-0.4, -0.2) is 29.6 Å². The lowest BCUT2D eigenvalue weighted by Gasteiger charge is -2.30. The molecule has 0 spiro atoms. The van der Waals surface area contributed by atoms with Crippen LogP contribution in [0, 0.1) is 5.92 Å². The van der Waals surface area contributed by atoms with Crippen molar-refractivity contribution in [1.82, 2.24) is 15.2 Å². The molecule has 19 heavy (non-hydrogen) atoms. The fraction of sp³-hybridized carbons (Fsp3) is 0.643. The van der Waals surface area contributed by atoms with E-state index in [-0.39, 0.29) is 18.0 Å². The largest absolute Gasteiger partial charge is 0.346 e. The Bertz CT molecular complexity index is 456. The molecule has 4 nitrogen and oxygen atoms in total. The van der Waals surface area contributed by atoms with Gasteiger partial charge in [-0.3, -0.25) is 4.79 Å². The van der Waals surface area contributed by atoms with Crippen LogP contribution in [0.2, 0.25) is 0 Å². The molecule has 1 amide bonds. The highest BCUT2D eigenvalue weighted by molar-refractivity contribution is 9.10. The highest BCUT2D eigenvalue weighted by Gasteiger charge is 2.24. The summed E-state index contributed by atoms with van der Waals surface area (Å²) in [5.41, 5.74) is 0.722. The minimum atomic E-state index is 0.0138. The van der Waals surface area contributed by atoms with Crippen LogP contribution < -0.4 is 10.6 Å². The summed E-state index contributed by atoms with van der Waals surface area (Å²) in [5.74, 6) is 0.538. The van der Waals surface area contributed by atoms with Gasteiger partial charge in [-0.05, 0) is 54.7 Å². The number of halogens is 1. The van der Waals surface area contributed by atoms with E-state index in [0.29, 0.717) is 5.92 Å². The van der Waals surface area contributed by atoms with Gasteiger partial charge in [0.15, 0.2) is 0 Å². The lowest BCUT2D eigenvalue weighted by atomic mass is 9.95. The van der Waals surface area contributed by atoms with E-state index in [1.165, 1.54) is 0 Å². The zero-order valence-corrected chi connectivity index (χ0v) is 13.3. The van der Waals surface area contributed by atoms with Crippen molar-refractivity contribution in [1.29, 1.82) is 0 Å². The Hall–Kier alpha value is -0.810. The van der Waals surface area contributed by atoms with E-state index < -0.39 is 0 Å². The van der Waals surface area contributed by atoms with Gasteiger partial charge in [0.1, 0.15) is 5.69 Å². The Morgan fingerprint density at radius 3 is 2.95 bits per heavy atom. The van der Waals surface area contributed by atoms with Gasteiger partial charge >= 0.3 is 0 Å². The van der Waals surface area contributed by atoms with Crippen molar-refractivity contribution in [2.75, 3.05) is 13.1 Å². The van der Waals surface area contributed by atoms with Crippen molar-refractivity contribution in [3.63, 3.8) is 0 Å². The maximum atomic E-state index is 12.4. The van der Waals surface area contributed by atoms with E-state index >= 15 is 0 Å². The van der Waals surface area contributed by atoms with E-state index in [4.69, 9.17) is 0 Å². The molecule has 2 unspecified atom stereocenters. The van der Waals surface area contributed by atoms with E-state index in [9.17, 15) is 4.79 Å². The maximum absolute atomic E-state index is 12.4. The van der Waals surface area contributed by atoms with Crippen LogP contribution in [0.15, 0.2) is 16.7 Å². The van der Waals surface area contributed by atoms with E-state index in [1.54, 1.807) is 0 Å². The van der Waals surface area contributed by atoms with E-state index in [1.807, 2.05) is 16.8 Å². The molecule has 5 heteroatoms. The zero-order valence-electron chi connectivity index (χ0n) is 11.7. The molecule has 0 bridgehead atoms. The molecular formula is C14H22BrN3O. The number of nitrogens with one attached hydrogen (secondary N) is 2. The zero-order chi connectivity index (χ0) is 14.0. The van der Waals surface area contributed by atoms with Crippen LogP contribution >= 0.6 is 15.9 Å². The Labute approximate surface area is 123 Å². The normalized spacial score (nSPS) is 23.6. The van der Waals surface area contributed by atoms with Crippen molar-refractivity contribution in [3.05, 3.63) is 22.4 Å². The smallest absolute Gasteiger partial charge is 0.268 e. The van der Waals surface area contributed by atoms with Gasteiger partial charge in [0.05, 0.1) is 0 Å². The minimum Gasteiger partial charge on any atom is -0.346 e. The third-order valence-electron chi connectivity index (χ3n) is 3.75. The van der Waals surface area contributed by atoms with Gasteiger partial charge in [-0.2, -0.15) is 0 Å². The van der Waals surface area contributed by atoms with Gasteiger partial charge in [-0.25, -0.2) is 0 Å². The molecule has 1 aromatic rings. The first-order chi connectivity index (χ1) is 8.99. The summed E-state index contributed by atoms with van der Waals surface area (Å²) in [6, 6.07) is 2.38. The third-order valence-corrected chi connectivity index (χ3v) is 4.18. The van der Waals surface area contributed by atoms with Gasteiger partial charge < -0.3 is 15.2 Å². The molecular weight excluding hydrogens is 306 g/mol. The van der Waals surface area contributed by atoms with E-state index in [0.717, 1.165) is 29.7 Å². The summed E-state index contributed by atoms with van der Waals surface area (Å²) in [6.45, 7) is 8.25. The van der Waals surface area contributed by atoms with Gasteiger partial charge in [0.25, 0.3) is 5.91 Å². The second kappa shape index (κ2) is 6.09. The van der Waals surface area contributed by atoms with Crippen LogP contribution in [-0.2, 0) is 0 Å². The van der Waals surface area contributed by atoms with Crippen LogP contribution in [0.3, 0.4) is 0 Å². The molecule has 1 saturated heterocycles. The summed E-state index contributed by atoms with van der Waals surface area (Å²) >= 11 is 3.44. The molecule has 2 atom stereocenters. The molecule has 2 N–H and O–H groups in total. The average Bonchev–Trinajstić information content (AvgIpc) is 2.74. The van der Waals surface area contributed by atoms with Crippen molar-refractivity contribution in [2.24, 2.45) is 5.92 Å². The lowest BCUT2D eigenvalue weighted by molar-refractivity contribution is 0.0904. The van der Waals surface area contributed by atoms with Crippen molar-refractivity contribution >= 4 is 21.8 Å². The fourth-order valence-corrected chi connectivity index (χ4v) is 2.92. The van der Waals surface area contributed by atoms with Crippen molar-refractivity contribution < 1.29 is 4.79 Å². The molecule has 1 aliphatic rings. The first-order valence-corrected chi connectivity index (χ1v) is 7.67. The molecule has 0 aliphatic carbocycles. The molecule has 106 valence electrons.